The van der Waals surface area contributed by atoms with Crippen LogP contribution in [0, 0.1) is 11.8 Å². The van der Waals surface area contributed by atoms with Crippen molar-refractivity contribution in [1.82, 2.24) is 0 Å². The van der Waals surface area contributed by atoms with Gasteiger partial charge in [0, 0.05) is 30.0 Å². The standard InChI is InChI=1S/C18H14O2/c1-13(19)20-18-12-16-8-3-2-6-14(16)10-11-15-7-4-5-9-17(15)18/h2-9,18H,12H2,1H3. The van der Waals surface area contributed by atoms with Crippen LogP contribution in [0.2, 0.25) is 0 Å². The highest BCUT2D eigenvalue weighted by atomic mass is 16.5. The quantitative estimate of drug-likeness (QED) is 0.582. The van der Waals surface area contributed by atoms with Gasteiger partial charge in [0.1, 0.15) is 6.10 Å². The lowest BCUT2D eigenvalue weighted by atomic mass is 9.92. The number of hydrogen-bond acceptors (Lipinski definition) is 2. The molecule has 20 heavy (non-hydrogen) atoms. The van der Waals surface area contributed by atoms with Gasteiger partial charge in [0.05, 0.1) is 0 Å². The maximum atomic E-state index is 11.4. The van der Waals surface area contributed by atoms with E-state index in [0.29, 0.717) is 6.42 Å². The molecule has 98 valence electrons. The van der Waals surface area contributed by atoms with Crippen molar-refractivity contribution in [3.63, 3.8) is 0 Å². The molecule has 3 rings (SSSR count). The zero-order chi connectivity index (χ0) is 13.9. The molecule has 1 unspecified atom stereocenters. The molecule has 1 aliphatic rings. The Balaban J connectivity index is 2.14. The predicted octanol–water partition coefficient (Wildman–Crippen LogP) is 3.25. The molecule has 0 saturated heterocycles. The predicted molar refractivity (Wildman–Crippen MR) is 77.1 cm³/mol. The summed E-state index contributed by atoms with van der Waals surface area (Å²) in [5.41, 5.74) is 4.01. The summed E-state index contributed by atoms with van der Waals surface area (Å²) < 4.78 is 5.50. The van der Waals surface area contributed by atoms with Crippen molar-refractivity contribution < 1.29 is 9.53 Å². The largest absolute Gasteiger partial charge is 0.457 e. The topological polar surface area (TPSA) is 26.3 Å². The Hall–Kier alpha value is -2.53. The van der Waals surface area contributed by atoms with Gasteiger partial charge in [-0.1, -0.05) is 48.2 Å². The smallest absolute Gasteiger partial charge is 0.303 e. The number of esters is 1. The molecular weight excluding hydrogens is 248 g/mol. The van der Waals surface area contributed by atoms with Gasteiger partial charge >= 0.3 is 5.97 Å². The molecule has 0 radical (unpaired) electrons. The molecule has 0 heterocycles. The Kier molecular flexibility index (Phi) is 3.26. The Labute approximate surface area is 118 Å². The third-order valence-corrected chi connectivity index (χ3v) is 3.37. The van der Waals surface area contributed by atoms with Crippen molar-refractivity contribution in [2.45, 2.75) is 19.4 Å². The minimum absolute atomic E-state index is 0.268. The van der Waals surface area contributed by atoms with Crippen molar-refractivity contribution in [2.75, 3.05) is 0 Å². The number of ether oxygens (including phenoxy) is 1. The number of benzene rings is 2. The van der Waals surface area contributed by atoms with Crippen LogP contribution in [0.4, 0.5) is 0 Å². The monoisotopic (exact) mass is 262 g/mol. The highest BCUT2D eigenvalue weighted by molar-refractivity contribution is 5.67. The molecular formula is C18H14O2. The van der Waals surface area contributed by atoms with Crippen LogP contribution < -0.4 is 0 Å². The molecule has 1 aliphatic carbocycles. The molecule has 0 aromatic heterocycles. The van der Waals surface area contributed by atoms with Crippen LogP contribution in [0.1, 0.15) is 35.3 Å². The molecule has 0 amide bonds. The molecule has 0 N–H and O–H groups in total. The van der Waals surface area contributed by atoms with Crippen LogP contribution in [0.25, 0.3) is 0 Å². The lowest BCUT2D eigenvalue weighted by molar-refractivity contribution is -0.146. The minimum atomic E-state index is -0.278. The molecule has 2 aromatic carbocycles. The van der Waals surface area contributed by atoms with Gasteiger partial charge in [0.25, 0.3) is 0 Å². The Morgan fingerprint density at radius 2 is 1.70 bits per heavy atom. The van der Waals surface area contributed by atoms with Gasteiger partial charge in [0.2, 0.25) is 0 Å². The molecule has 2 nitrogen and oxygen atoms in total. The minimum Gasteiger partial charge on any atom is -0.457 e. The Bertz CT molecular complexity index is 719. The fraction of sp³-hybridized carbons (Fsp3) is 0.167. The highest BCUT2D eigenvalue weighted by Gasteiger charge is 2.20. The van der Waals surface area contributed by atoms with Crippen molar-refractivity contribution in [2.24, 2.45) is 0 Å². The first-order valence-electron chi connectivity index (χ1n) is 6.60. The summed E-state index contributed by atoms with van der Waals surface area (Å²) in [4.78, 5) is 11.4. The van der Waals surface area contributed by atoms with Crippen molar-refractivity contribution in [1.29, 1.82) is 0 Å². The summed E-state index contributed by atoms with van der Waals surface area (Å²) in [6.45, 7) is 1.44. The van der Waals surface area contributed by atoms with E-state index >= 15 is 0 Å². The zero-order valence-electron chi connectivity index (χ0n) is 11.2. The van der Waals surface area contributed by atoms with Gasteiger partial charge in [-0.2, -0.15) is 0 Å². The summed E-state index contributed by atoms with van der Waals surface area (Å²) in [6, 6.07) is 15.8. The van der Waals surface area contributed by atoms with E-state index in [4.69, 9.17) is 4.74 Å². The second kappa shape index (κ2) is 5.22. The average Bonchev–Trinajstić information content (AvgIpc) is 2.43. The number of carbonyl (C=O) groups is 1. The summed E-state index contributed by atoms with van der Waals surface area (Å²) >= 11 is 0. The number of hydrogen-bond donors (Lipinski definition) is 0. The summed E-state index contributed by atoms with van der Waals surface area (Å²) in [6.07, 6.45) is 0.376. The first-order valence-corrected chi connectivity index (χ1v) is 6.60. The normalized spacial score (nSPS) is 15.8. The highest BCUT2D eigenvalue weighted by Crippen LogP contribution is 2.28. The van der Waals surface area contributed by atoms with Crippen LogP contribution in [0.5, 0.6) is 0 Å². The average molecular weight is 262 g/mol. The van der Waals surface area contributed by atoms with Crippen molar-refractivity contribution in [3.8, 4) is 11.8 Å². The second-order valence-corrected chi connectivity index (χ2v) is 4.80. The van der Waals surface area contributed by atoms with E-state index in [1.165, 1.54) is 6.92 Å². The number of carbonyl (C=O) groups excluding carboxylic acids is 1. The van der Waals surface area contributed by atoms with Crippen LogP contribution in [0.3, 0.4) is 0 Å². The van der Waals surface area contributed by atoms with E-state index in [1.54, 1.807) is 0 Å². The second-order valence-electron chi connectivity index (χ2n) is 4.80. The Morgan fingerprint density at radius 3 is 2.50 bits per heavy atom. The maximum Gasteiger partial charge on any atom is 0.303 e. The summed E-state index contributed by atoms with van der Waals surface area (Å²) in [7, 11) is 0. The number of rotatable bonds is 1. The van der Waals surface area contributed by atoms with Crippen molar-refractivity contribution >= 4 is 5.97 Å². The molecule has 0 saturated carbocycles. The van der Waals surface area contributed by atoms with Crippen LogP contribution >= 0.6 is 0 Å². The fourth-order valence-corrected chi connectivity index (χ4v) is 2.46. The summed E-state index contributed by atoms with van der Waals surface area (Å²) in [5.74, 6) is 6.12. The SMILES string of the molecule is CC(=O)OC1Cc2ccccc2C#Cc2ccccc21. The van der Waals surface area contributed by atoms with E-state index in [-0.39, 0.29) is 12.1 Å². The maximum absolute atomic E-state index is 11.4. The van der Waals surface area contributed by atoms with Crippen LogP contribution in [0.15, 0.2) is 48.5 Å². The first-order chi connectivity index (χ1) is 9.74. The lowest BCUT2D eigenvalue weighted by Crippen LogP contribution is -2.14. The van der Waals surface area contributed by atoms with Gasteiger partial charge in [-0.15, -0.1) is 0 Å². The third-order valence-electron chi connectivity index (χ3n) is 3.37. The molecule has 1 atom stereocenters. The lowest BCUT2D eigenvalue weighted by Gasteiger charge is -2.21. The summed E-state index contributed by atoms with van der Waals surface area (Å²) in [5, 5.41) is 0. The first kappa shape index (κ1) is 12.5. The van der Waals surface area contributed by atoms with Gasteiger partial charge in [-0.3, -0.25) is 4.79 Å². The van der Waals surface area contributed by atoms with E-state index in [2.05, 4.69) is 11.8 Å². The van der Waals surface area contributed by atoms with Crippen LogP contribution in [-0.4, -0.2) is 5.97 Å². The zero-order valence-corrected chi connectivity index (χ0v) is 11.2. The molecule has 2 heteroatoms. The molecule has 0 fully saturated rings. The van der Waals surface area contributed by atoms with Gasteiger partial charge in [0.15, 0.2) is 0 Å². The Morgan fingerprint density at radius 1 is 1.05 bits per heavy atom. The fourth-order valence-electron chi connectivity index (χ4n) is 2.46. The van der Waals surface area contributed by atoms with Gasteiger partial charge in [-0.25, -0.2) is 0 Å². The van der Waals surface area contributed by atoms with E-state index in [9.17, 15) is 4.79 Å². The van der Waals surface area contributed by atoms with E-state index in [1.807, 2.05) is 48.5 Å². The third kappa shape index (κ3) is 2.44. The van der Waals surface area contributed by atoms with E-state index < -0.39 is 0 Å². The molecule has 2 aromatic rings. The van der Waals surface area contributed by atoms with Gasteiger partial charge in [-0.05, 0) is 17.7 Å². The number of fused-ring (bicyclic) bond motifs is 2. The van der Waals surface area contributed by atoms with Gasteiger partial charge < -0.3 is 4.74 Å². The van der Waals surface area contributed by atoms with Crippen molar-refractivity contribution in [3.05, 3.63) is 70.8 Å². The van der Waals surface area contributed by atoms with E-state index in [0.717, 1.165) is 22.3 Å². The molecule has 0 aliphatic heterocycles. The molecule has 0 spiro atoms. The molecule has 0 bridgehead atoms. The van der Waals surface area contributed by atoms with Crippen LogP contribution in [-0.2, 0) is 16.0 Å².